The Bertz CT molecular complexity index is 273. The Morgan fingerprint density at radius 2 is 2.25 bits per heavy atom. The topological polar surface area (TPSA) is 26.0 Å². The van der Waals surface area contributed by atoms with Gasteiger partial charge in [-0.05, 0) is 26.2 Å². The van der Waals surface area contributed by atoms with E-state index in [2.05, 4.69) is 12.1 Å². The van der Waals surface area contributed by atoms with Gasteiger partial charge < -0.3 is 4.52 Å². The summed E-state index contributed by atoms with van der Waals surface area (Å²) in [5, 5.41) is 4.02. The fourth-order valence-corrected chi connectivity index (χ4v) is 1.63. The largest absolute Gasteiger partial charge is 0.361 e. The van der Waals surface area contributed by atoms with Crippen LogP contribution in [0.2, 0.25) is 0 Å². The van der Waals surface area contributed by atoms with Crippen LogP contribution in [0.3, 0.4) is 0 Å². The van der Waals surface area contributed by atoms with E-state index in [1.165, 1.54) is 30.6 Å². The van der Waals surface area contributed by atoms with Gasteiger partial charge in [0.2, 0.25) is 0 Å². The first-order valence-electron chi connectivity index (χ1n) is 4.78. The molecule has 2 heteroatoms. The highest BCUT2D eigenvalue weighted by atomic mass is 16.5. The van der Waals surface area contributed by atoms with E-state index < -0.39 is 0 Å². The SMILES string of the molecule is CCCc1c(C)noc1C1CC1. The van der Waals surface area contributed by atoms with Crippen molar-refractivity contribution in [3.63, 3.8) is 0 Å². The number of aryl methyl sites for hydroxylation is 1. The number of aromatic nitrogens is 1. The Morgan fingerprint density at radius 3 is 2.83 bits per heavy atom. The third kappa shape index (κ3) is 1.26. The van der Waals surface area contributed by atoms with Crippen LogP contribution >= 0.6 is 0 Å². The highest BCUT2D eigenvalue weighted by Crippen LogP contribution is 2.42. The van der Waals surface area contributed by atoms with Crippen LogP contribution in [0.15, 0.2) is 4.52 Å². The monoisotopic (exact) mass is 165 g/mol. The van der Waals surface area contributed by atoms with Crippen molar-refractivity contribution in [2.75, 3.05) is 0 Å². The molecule has 2 nitrogen and oxygen atoms in total. The van der Waals surface area contributed by atoms with Crippen molar-refractivity contribution < 1.29 is 4.52 Å². The molecule has 66 valence electrons. The molecule has 1 aliphatic rings. The molecular formula is C10H15NO. The molecule has 1 aromatic heterocycles. The Kier molecular flexibility index (Phi) is 1.91. The highest BCUT2D eigenvalue weighted by Gasteiger charge is 2.30. The summed E-state index contributed by atoms with van der Waals surface area (Å²) in [4.78, 5) is 0. The molecule has 1 saturated carbocycles. The molecule has 2 rings (SSSR count). The number of hydrogen-bond acceptors (Lipinski definition) is 2. The zero-order valence-corrected chi connectivity index (χ0v) is 7.76. The van der Waals surface area contributed by atoms with Crippen LogP contribution in [0.25, 0.3) is 0 Å². The van der Waals surface area contributed by atoms with Crippen molar-refractivity contribution in [2.24, 2.45) is 0 Å². The van der Waals surface area contributed by atoms with Crippen LogP contribution in [-0.2, 0) is 6.42 Å². The zero-order valence-electron chi connectivity index (χ0n) is 7.76. The molecule has 0 atom stereocenters. The van der Waals surface area contributed by atoms with Gasteiger partial charge in [-0.25, -0.2) is 0 Å². The van der Waals surface area contributed by atoms with Crippen LogP contribution in [-0.4, -0.2) is 5.16 Å². The van der Waals surface area contributed by atoms with E-state index in [1.807, 2.05) is 6.92 Å². The van der Waals surface area contributed by atoms with Gasteiger partial charge in [0.1, 0.15) is 5.76 Å². The smallest absolute Gasteiger partial charge is 0.143 e. The van der Waals surface area contributed by atoms with Gasteiger partial charge in [0.25, 0.3) is 0 Å². The summed E-state index contributed by atoms with van der Waals surface area (Å²) in [5.74, 6) is 1.88. The molecule has 0 saturated heterocycles. The standard InChI is InChI=1S/C10H15NO/c1-3-4-9-7(2)11-12-10(9)8-5-6-8/h8H,3-6H2,1-2H3. The second-order valence-corrected chi connectivity index (χ2v) is 3.64. The average Bonchev–Trinajstić information content (AvgIpc) is 2.82. The Hall–Kier alpha value is -0.790. The van der Waals surface area contributed by atoms with Gasteiger partial charge in [-0.15, -0.1) is 0 Å². The maximum Gasteiger partial charge on any atom is 0.143 e. The van der Waals surface area contributed by atoms with Crippen molar-refractivity contribution >= 4 is 0 Å². The highest BCUT2D eigenvalue weighted by molar-refractivity contribution is 5.27. The summed E-state index contributed by atoms with van der Waals surface area (Å²) in [5.41, 5.74) is 2.47. The molecule has 12 heavy (non-hydrogen) atoms. The third-order valence-electron chi connectivity index (χ3n) is 2.46. The minimum atomic E-state index is 0.702. The van der Waals surface area contributed by atoms with Gasteiger partial charge in [-0.1, -0.05) is 18.5 Å². The average molecular weight is 165 g/mol. The van der Waals surface area contributed by atoms with Crippen LogP contribution in [0, 0.1) is 6.92 Å². The third-order valence-corrected chi connectivity index (χ3v) is 2.46. The van der Waals surface area contributed by atoms with E-state index in [0.717, 1.165) is 12.1 Å². The summed E-state index contributed by atoms with van der Waals surface area (Å²) in [6, 6.07) is 0. The molecule has 0 spiro atoms. The second kappa shape index (κ2) is 2.92. The van der Waals surface area contributed by atoms with E-state index in [0.29, 0.717) is 5.92 Å². The summed E-state index contributed by atoms with van der Waals surface area (Å²) >= 11 is 0. The molecule has 1 heterocycles. The van der Waals surface area contributed by atoms with E-state index in [-0.39, 0.29) is 0 Å². The maximum atomic E-state index is 5.32. The number of hydrogen-bond donors (Lipinski definition) is 0. The van der Waals surface area contributed by atoms with Crippen molar-refractivity contribution in [1.82, 2.24) is 5.16 Å². The molecule has 1 aromatic rings. The number of nitrogens with zero attached hydrogens (tertiary/aromatic N) is 1. The van der Waals surface area contributed by atoms with Gasteiger partial charge in [0.15, 0.2) is 0 Å². The fourth-order valence-electron chi connectivity index (χ4n) is 1.63. The molecule has 0 bridgehead atoms. The van der Waals surface area contributed by atoms with E-state index in [4.69, 9.17) is 4.52 Å². The molecule has 0 aliphatic heterocycles. The van der Waals surface area contributed by atoms with Crippen LogP contribution < -0.4 is 0 Å². The van der Waals surface area contributed by atoms with Crippen molar-refractivity contribution in [1.29, 1.82) is 0 Å². The first-order valence-corrected chi connectivity index (χ1v) is 4.78. The molecule has 0 amide bonds. The molecular weight excluding hydrogens is 150 g/mol. The minimum Gasteiger partial charge on any atom is -0.361 e. The maximum absolute atomic E-state index is 5.32. The summed E-state index contributed by atoms with van der Waals surface area (Å²) in [6.45, 7) is 4.24. The lowest BCUT2D eigenvalue weighted by Gasteiger charge is -1.96. The Balaban J connectivity index is 2.26. The van der Waals surface area contributed by atoms with Crippen LogP contribution in [0.4, 0.5) is 0 Å². The van der Waals surface area contributed by atoms with E-state index >= 15 is 0 Å². The predicted octanol–water partition coefficient (Wildman–Crippen LogP) is 2.81. The lowest BCUT2D eigenvalue weighted by atomic mass is 10.1. The molecule has 0 aromatic carbocycles. The van der Waals surface area contributed by atoms with E-state index in [9.17, 15) is 0 Å². The van der Waals surface area contributed by atoms with Crippen molar-refractivity contribution in [2.45, 2.75) is 45.4 Å². The van der Waals surface area contributed by atoms with Gasteiger partial charge in [0.05, 0.1) is 5.69 Å². The van der Waals surface area contributed by atoms with E-state index in [1.54, 1.807) is 0 Å². The van der Waals surface area contributed by atoms with Crippen LogP contribution in [0.1, 0.15) is 49.1 Å². The molecule has 0 unspecified atom stereocenters. The summed E-state index contributed by atoms with van der Waals surface area (Å²) in [6.07, 6.45) is 4.90. The van der Waals surface area contributed by atoms with Gasteiger partial charge in [-0.2, -0.15) is 0 Å². The summed E-state index contributed by atoms with van der Waals surface area (Å²) in [7, 11) is 0. The van der Waals surface area contributed by atoms with Gasteiger partial charge in [0, 0.05) is 11.5 Å². The quantitative estimate of drug-likeness (QED) is 0.688. The predicted molar refractivity (Wildman–Crippen MR) is 47.2 cm³/mol. The lowest BCUT2D eigenvalue weighted by molar-refractivity contribution is 0.379. The molecule has 1 aliphatic carbocycles. The molecule has 0 N–H and O–H groups in total. The normalized spacial score (nSPS) is 16.8. The van der Waals surface area contributed by atoms with Crippen LogP contribution in [0.5, 0.6) is 0 Å². The Morgan fingerprint density at radius 1 is 1.50 bits per heavy atom. The van der Waals surface area contributed by atoms with Crippen molar-refractivity contribution in [3.05, 3.63) is 17.0 Å². The first kappa shape index (κ1) is 7.84. The van der Waals surface area contributed by atoms with Gasteiger partial charge in [-0.3, -0.25) is 0 Å². The molecule has 0 radical (unpaired) electrons. The first-order chi connectivity index (χ1) is 5.83. The Labute approximate surface area is 72.9 Å². The molecule has 1 fully saturated rings. The lowest BCUT2D eigenvalue weighted by Crippen LogP contribution is -1.88. The van der Waals surface area contributed by atoms with Crippen molar-refractivity contribution in [3.8, 4) is 0 Å². The number of rotatable bonds is 3. The fraction of sp³-hybridized carbons (Fsp3) is 0.700. The summed E-state index contributed by atoms with van der Waals surface area (Å²) < 4.78 is 5.32. The second-order valence-electron chi connectivity index (χ2n) is 3.64. The minimum absolute atomic E-state index is 0.702. The van der Waals surface area contributed by atoms with Gasteiger partial charge >= 0.3 is 0 Å². The zero-order chi connectivity index (χ0) is 8.55.